The first-order valence-corrected chi connectivity index (χ1v) is 10.1. The number of ketones is 1. The Labute approximate surface area is 164 Å². The Kier molecular flexibility index (Phi) is 5.72. The number of aryl methyl sites for hydroxylation is 1. The van der Waals surface area contributed by atoms with Crippen molar-refractivity contribution < 1.29 is 9.21 Å². The molecule has 0 aliphatic carbocycles. The maximum Gasteiger partial charge on any atom is 0.417 e. The third-order valence-electron chi connectivity index (χ3n) is 5.69. The largest absolute Gasteiger partial charge is 0.417 e. The fraction of sp³-hybridized carbons (Fsp3) is 0.391. The third-order valence-corrected chi connectivity index (χ3v) is 5.69. The number of hydrogen-bond acceptors (Lipinski definition) is 4. The molecule has 1 aromatic heterocycles. The van der Waals surface area contributed by atoms with E-state index in [1.165, 1.54) is 5.56 Å². The van der Waals surface area contributed by atoms with Crippen molar-refractivity contribution in [1.82, 2.24) is 9.88 Å². The number of Topliss-reactive ketones (excluding diaryl/α,β-unsaturated/α-hetero) is 1. The van der Waals surface area contributed by atoms with Crippen LogP contribution in [0.2, 0.25) is 0 Å². The number of aromatic amines is 1. The number of hydrogen-bond donors (Lipinski definition) is 1. The lowest BCUT2D eigenvalue weighted by Gasteiger charge is -2.31. The summed E-state index contributed by atoms with van der Waals surface area (Å²) >= 11 is 0. The highest BCUT2D eigenvalue weighted by Crippen LogP contribution is 2.22. The van der Waals surface area contributed by atoms with E-state index in [1.807, 2.05) is 42.5 Å². The summed E-state index contributed by atoms with van der Waals surface area (Å²) in [6.07, 6.45) is 5.12. The van der Waals surface area contributed by atoms with Gasteiger partial charge < -0.3 is 9.32 Å². The van der Waals surface area contributed by atoms with Crippen molar-refractivity contribution in [3.05, 3.63) is 70.2 Å². The number of nitrogens with one attached hydrogen (secondary N) is 1. The molecule has 0 atom stereocenters. The summed E-state index contributed by atoms with van der Waals surface area (Å²) in [6, 6.07) is 15.6. The van der Waals surface area contributed by atoms with Crippen molar-refractivity contribution in [3.8, 4) is 0 Å². The summed E-state index contributed by atoms with van der Waals surface area (Å²) in [6.45, 7) is 3.08. The van der Waals surface area contributed by atoms with Crippen molar-refractivity contribution in [2.75, 3.05) is 19.6 Å². The normalized spacial score (nSPS) is 15.9. The fourth-order valence-corrected chi connectivity index (χ4v) is 4.07. The summed E-state index contributed by atoms with van der Waals surface area (Å²) in [5.41, 5.74) is 3.42. The highest BCUT2D eigenvalue weighted by molar-refractivity contribution is 5.97. The Bertz CT molecular complexity index is 982. The van der Waals surface area contributed by atoms with E-state index >= 15 is 0 Å². The Hall–Kier alpha value is -2.66. The van der Waals surface area contributed by atoms with Gasteiger partial charge in [-0.1, -0.05) is 36.4 Å². The van der Waals surface area contributed by atoms with E-state index in [1.54, 1.807) is 0 Å². The summed E-state index contributed by atoms with van der Waals surface area (Å²) < 4.78 is 5.12. The lowest BCUT2D eigenvalue weighted by atomic mass is 9.89. The zero-order valence-electron chi connectivity index (χ0n) is 16.0. The summed E-state index contributed by atoms with van der Waals surface area (Å²) in [5, 5.41) is 0. The standard InChI is InChI=1S/C23H26N2O3/c26-22(18-7-2-1-3-8-18)19-11-14-25(15-12-19)13-5-4-6-17-9-10-20-21(16-17)28-23(27)24-20/h1-3,7-10,16,19H,4-6,11-15H2,(H,24,27). The van der Waals surface area contributed by atoms with Crippen LogP contribution >= 0.6 is 0 Å². The number of rotatable bonds is 7. The molecule has 0 bridgehead atoms. The molecule has 1 aliphatic rings. The molecule has 0 spiro atoms. The molecule has 0 unspecified atom stereocenters. The second-order valence-corrected chi connectivity index (χ2v) is 7.65. The first kappa shape index (κ1) is 18.7. The monoisotopic (exact) mass is 378 g/mol. The molecule has 4 rings (SSSR count). The molecule has 1 N–H and O–H groups in total. The van der Waals surface area contributed by atoms with Crippen LogP contribution < -0.4 is 5.76 Å². The molecule has 5 nitrogen and oxygen atoms in total. The predicted octanol–water partition coefficient (Wildman–Crippen LogP) is 4.04. The number of carbonyl (C=O) groups excluding carboxylic acids is 1. The van der Waals surface area contributed by atoms with Gasteiger partial charge in [0.05, 0.1) is 5.52 Å². The van der Waals surface area contributed by atoms with Crippen molar-refractivity contribution in [2.24, 2.45) is 5.92 Å². The van der Waals surface area contributed by atoms with Crippen LogP contribution in [0.4, 0.5) is 0 Å². The molecule has 0 amide bonds. The van der Waals surface area contributed by atoms with Crippen molar-refractivity contribution >= 4 is 16.9 Å². The van der Waals surface area contributed by atoms with E-state index in [0.29, 0.717) is 11.4 Å². The van der Waals surface area contributed by atoms with Gasteiger partial charge in [-0.25, -0.2) is 4.79 Å². The van der Waals surface area contributed by atoms with Gasteiger partial charge in [0.15, 0.2) is 11.4 Å². The molecule has 2 aromatic carbocycles. The van der Waals surface area contributed by atoms with Crippen molar-refractivity contribution in [3.63, 3.8) is 0 Å². The Morgan fingerprint density at radius 2 is 1.86 bits per heavy atom. The number of likely N-dealkylation sites (tertiary alicyclic amines) is 1. The van der Waals surface area contributed by atoms with Gasteiger partial charge in [0, 0.05) is 11.5 Å². The molecule has 1 aliphatic heterocycles. The minimum Gasteiger partial charge on any atom is -0.408 e. The van der Waals surface area contributed by atoms with Crippen LogP contribution in [0.3, 0.4) is 0 Å². The van der Waals surface area contributed by atoms with Crippen LogP contribution in [0.15, 0.2) is 57.7 Å². The Balaban J connectivity index is 1.19. The van der Waals surface area contributed by atoms with Crippen LogP contribution in [0.5, 0.6) is 0 Å². The first-order chi connectivity index (χ1) is 13.7. The fourth-order valence-electron chi connectivity index (χ4n) is 4.07. The lowest BCUT2D eigenvalue weighted by molar-refractivity contribution is 0.0839. The van der Waals surface area contributed by atoms with E-state index in [0.717, 1.165) is 62.8 Å². The molecule has 2 heterocycles. The van der Waals surface area contributed by atoms with Gasteiger partial charge >= 0.3 is 5.76 Å². The van der Waals surface area contributed by atoms with Gasteiger partial charge in [0.25, 0.3) is 0 Å². The number of nitrogens with zero attached hydrogens (tertiary/aromatic N) is 1. The third kappa shape index (κ3) is 4.42. The average molecular weight is 378 g/mol. The number of fused-ring (bicyclic) bond motifs is 1. The smallest absolute Gasteiger partial charge is 0.408 e. The van der Waals surface area contributed by atoms with Gasteiger partial charge in [-0.2, -0.15) is 0 Å². The van der Waals surface area contributed by atoms with E-state index < -0.39 is 5.76 Å². The summed E-state index contributed by atoms with van der Waals surface area (Å²) in [4.78, 5) is 28.9. The Morgan fingerprint density at radius 3 is 2.64 bits per heavy atom. The zero-order chi connectivity index (χ0) is 19.3. The SMILES string of the molecule is O=C(c1ccccc1)C1CCN(CCCCc2ccc3[nH]c(=O)oc3c2)CC1. The molecule has 3 aromatic rings. The maximum absolute atomic E-state index is 12.6. The van der Waals surface area contributed by atoms with Crippen LogP contribution in [0.25, 0.3) is 11.1 Å². The second-order valence-electron chi connectivity index (χ2n) is 7.65. The number of unbranched alkanes of at least 4 members (excludes halogenated alkanes) is 1. The topological polar surface area (TPSA) is 66.3 Å². The van der Waals surface area contributed by atoms with Crippen LogP contribution in [-0.4, -0.2) is 35.3 Å². The van der Waals surface area contributed by atoms with E-state index in [-0.39, 0.29) is 5.92 Å². The average Bonchev–Trinajstić information content (AvgIpc) is 3.11. The van der Waals surface area contributed by atoms with Crippen LogP contribution in [0, 0.1) is 5.92 Å². The van der Waals surface area contributed by atoms with Crippen LogP contribution in [0.1, 0.15) is 41.6 Å². The number of benzene rings is 2. The number of H-pyrrole nitrogens is 1. The van der Waals surface area contributed by atoms with Gasteiger partial charge in [-0.3, -0.25) is 9.78 Å². The number of oxazole rings is 1. The second kappa shape index (κ2) is 8.57. The van der Waals surface area contributed by atoms with E-state index in [9.17, 15) is 9.59 Å². The molecule has 1 fully saturated rings. The van der Waals surface area contributed by atoms with E-state index in [2.05, 4.69) is 16.0 Å². The molecule has 28 heavy (non-hydrogen) atoms. The molecule has 5 heteroatoms. The van der Waals surface area contributed by atoms with Gasteiger partial charge in [-0.15, -0.1) is 0 Å². The van der Waals surface area contributed by atoms with E-state index in [4.69, 9.17) is 4.42 Å². The van der Waals surface area contributed by atoms with Gasteiger partial charge in [-0.05, 0) is 69.4 Å². The number of piperidine rings is 1. The molecule has 0 radical (unpaired) electrons. The number of carbonyl (C=O) groups is 1. The highest BCUT2D eigenvalue weighted by Gasteiger charge is 2.25. The number of aromatic nitrogens is 1. The molecular formula is C23H26N2O3. The highest BCUT2D eigenvalue weighted by atomic mass is 16.4. The minimum atomic E-state index is -0.402. The summed E-state index contributed by atoms with van der Waals surface area (Å²) in [7, 11) is 0. The molecule has 1 saturated heterocycles. The molecule has 0 saturated carbocycles. The van der Waals surface area contributed by atoms with Gasteiger partial charge in [0.1, 0.15) is 0 Å². The first-order valence-electron chi connectivity index (χ1n) is 10.1. The van der Waals surface area contributed by atoms with Crippen molar-refractivity contribution in [1.29, 1.82) is 0 Å². The minimum absolute atomic E-state index is 0.168. The Morgan fingerprint density at radius 1 is 1.07 bits per heavy atom. The maximum atomic E-state index is 12.6. The van der Waals surface area contributed by atoms with Crippen LogP contribution in [-0.2, 0) is 6.42 Å². The van der Waals surface area contributed by atoms with Gasteiger partial charge in [0.2, 0.25) is 0 Å². The molecule has 146 valence electrons. The summed E-state index contributed by atoms with van der Waals surface area (Å²) in [5.74, 6) is 0.0646. The van der Waals surface area contributed by atoms with Crippen molar-refractivity contribution in [2.45, 2.75) is 32.1 Å². The predicted molar refractivity (Wildman–Crippen MR) is 110 cm³/mol. The lowest BCUT2D eigenvalue weighted by Crippen LogP contribution is -2.36. The zero-order valence-corrected chi connectivity index (χ0v) is 16.0. The molecular weight excluding hydrogens is 352 g/mol. The quantitative estimate of drug-likeness (QED) is 0.498.